The molecule has 180 valence electrons. The smallest absolute Gasteiger partial charge is 0.407 e. The van der Waals surface area contributed by atoms with E-state index in [1.165, 1.54) is 25.4 Å². The first-order valence-electron chi connectivity index (χ1n) is 11.0. The second-order valence-corrected chi connectivity index (χ2v) is 8.03. The van der Waals surface area contributed by atoms with E-state index in [0.717, 1.165) is 22.3 Å². The third-order valence-electron chi connectivity index (χ3n) is 5.77. The van der Waals surface area contributed by atoms with Gasteiger partial charge in [0.2, 0.25) is 0 Å². The summed E-state index contributed by atoms with van der Waals surface area (Å²) in [6.45, 7) is 0.0619. The summed E-state index contributed by atoms with van der Waals surface area (Å²) >= 11 is 0. The number of aromatic nitrogens is 1. The number of carboxylic acid groups (broad SMARTS) is 1. The number of ether oxygens (including phenoxy) is 2. The second-order valence-electron chi connectivity index (χ2n) is 8.03. The summed E-state index contributed by atoms with van der Waals surface area (Å²) in [6, 6.07) is 17.9. The van der Waals surface area contributed by atoms with Crippen LogP contribution in [0.25, 0.3) is 11.1 Å². The molecule has 35 heavy (non-hydrogen) atoms. The summed E-state index contributed by atoms with van der Waals surface area (Å²) in [5.74, 6) is -1.83. The number of alkyl carbamates (subject to hydrolysis) is 1. The summed E-state index contributed by atoms with van der Waals surface area (Å²) in [4.78, 5) is 40.2. The van der Waals surface area contributed by atoms with Gasteiger partial charge in [-0.05, 0) is 34.4 Å². The van der Waals surface area contributed by atoms with Gasteiger partial charge in [0.25, 0.3) is 5.91 Å². The normalized spacial score (nSPS) is 12.8. The molecule has 1 aliphatic carbocycles. The maximum absolute atomic E-state index is 12.4. The van der Waals surface area contributed by atoms with Gasteiger partial charge in [0.15, 0.2) is 6.04 Å². The van der Waals surface area contributed by atoms with Crippen LogP contribution >= 0.6 is 0 Å². The lowest BCUT2D eigenvalue weighted by atomic mass is 9.98. The van der Waals surface area contributed by atoms with Crippen molar-refractivity contribution in [3.63, 3.8) is 0 Å². The first-order chi connectivity index (χ1) is 17.0. The standard InChI is InChI=1S/C26H25N3O6/c1-34-15-23(25(31)32)29-24(30)16-10-11-27-17(12-16)13-28-26(33)35-14-22-20-8-4-2-6-18(20)19-7-3-5-9-21(19)22/h2-12,22-23H,13-15H2,1H3,(H,28,33)(H,29,30)(H,31,32). The Morgan fingerprint density at radius 3 is 2.31 bits per heavy atom. The summed E-state index contributed by atoms with van der Waals surface area (Å²) in [6.07, 6.45) is 0.810. The molecule has 3 N–H and O–H groups in total. The zero-order valence-electron chi connectivity index (χ0n) is 19.1. The molecule has 1 atom stereocenters. The molecular formula is C26H25N3O6. The SMILES string of the molecule is COCC(NC(=O)c1ccnc(CNC(=O)OCC2c3ccccc3-c3ccccc32)c1)C(=O)O. The fourth-order valence-corrected chi connectivity index (χ4v) is 4.11. The van der Waals surface area contributed by atoms with Crippen molar-refractivity contribution in [1.29, 1.82) is 0 Å². The van der Waals surface area contributed by atoms with E-state index in [1.807, 2.05) is 36.4 Å². The third-order valence-corrected chi connectivity index (χ3v) is 5.77. The molecule has 0 aliphatic heterocycles. The van der Waals surface area contributed by atoms with E-state index >= 15 is 0 Å². The van der Waals surface area contributed by atoms with Crippen LogP contribution in [0.4, 0.5) is 4.79 Å². The summed E-state index contributed by atoms with van der Waals surface area (Å²) in [5, 5.41) is 14.2. The molecule has 1 aromatic heterocycles. The van der Waals surface area contributed by atoms with E-state index in [0.29, 0.717) is 5.69 Å². The molecule has 4 rings (SSSR count). The number of methoxy groups -OCH3 is 1. The highest BCUT2D eigenvalue weighted by Gasteiger charge is 2.29. The van der Waals surface area contributed by atoms with Crippen LogP contribution in [0.15, 0.2) is 66.9 Å². The molecule has 0 bridgehead atoms. The van der Waals surface area contributed by atoms with Crippen LogP contribution in [0.1, 0.15) is 33.1 Å². The predicted molar refractivity (Wildman–Crippen MR) is 127 cm³/mol. The Labute approximate surface area is 202 Å². The molecule has 1 unspecified atom stereocenters. The van der Waals surface area contributed by atoms with Gasteiger partial charge in [-0.3, -0.25) is 9.78 Å². The maximum atomic E-state index is 12.4. The van der Waals surface area contributed by atoms with Crippen LogP contribution < -0.4 is 10.6 Å². The molecule has 2 amide bonds. The molecule has 0 saturated heterocycles. The van der Waals surface area contributed by atoms with Gasteiger partial charge in [-0.25, -0.2) is 9.59 Å². The van der Waals surface area contributed by atoms with Gasteiger partial charge >= 0.3 is 12.1 Å². The number of rotatable bonds is 9. The van der Waals surface area contributed by atoms with Crippen LogP contribution in [0.3, 0.4) is 0 Å². The largest absolute Gasteiger partial charge is 0.480 e. The molecule has 2 aromatic carbocycles. The number of hydrogen-bond donors (Lipinski definition) is 3. The van der Waals surface area contributed by atoms with Crippen molar-refractivity contribution < 1.29 is 29.0 Å². The molecular weight excluding hydrogens is 450 g/mol. The van der Waals surface area contributed by atoms with Crippen LogP contribution in [-0.2, 0) is 20.8 Å². The number of carboxylic acids is 1. The van der Waals surface area contributed by atoms with Gasteiger partial charge in [-0.2, -0.15) is 0 Å². The molecule has 0 saturated carbocycles. The van der Waals surface area contributed by atoms with E-state index in [1.54, 1.807) is 0 Å². The highest BCUT2D eigenvalue weighted by atomic mass is 16.5. The number of carbonyl (C=O) groups excluding carboxylic acids is 2. The van der Waals surface area contributed by atoms with Crippen molar-refractivity contribution in [3.8, 4) is 11.1 Å². The molecule has 1 heterocycles. The number of pyridine rings is 1. The van der Waals surface area contributed by atoms with Gasteiger partial charge in [0.1, 0.15) is 6.61 Å². The van der Waals surface area contributed by atoms with Gasteiger partial charge in [-0.15, -0.1) is 0 Å². The van der Waals surface area contributed by atoms with Gasteiger partial charge < -0.3 is 25.2 Å². The predicted octanol–water partition coefficient (Wildman–Crippen LogP) is 2.95. The number of hydrogen-bond acceptors (Lipinski definition) is 6. The maximum Gasteiger partial charge on any atom is 0.407 e. The van der Waals surface area contributed by atoms with E-state index in [4.69, 9.17) is 14.6 Å². The molecule has 9 nitrogen and oxygen atoms in total. The average Bonchev–Trinajstić information content (AvgIpc) is 3.19. The minimum atomic E-state index is -1.20. The van der Waals surface area contributed by atoms with Gasteiger partial charge in [0.05, 0.1) is 18.8 Å². The first-order valence-corrected chi connectivity index (χ1v) is 11.0. The zero-order valence-corrected chi connectivity index (χ0v) is 19.1. The van der Waals surface area contributed by atoms with Crippen molar-refractivity contribution in [3.05, 3.63) is 89.2 Å². The van der Waals surface area contributed by atoms with Gasteiger partial charge in [-0.1, -0.05) is 48.5 Å². The average molecular weight is 476 g/mol. The zero-order chi connectivity index (χ0) is 24.8. The molecule has 3 aromatic rings. The fraction of sp³-hybridized carbons (Fsp3) is 0.231. The number of fused-ring (bicyclic) bond motifs is 3. The number of carbonyl (C=O) groups is 3. The second kappa shape index (κ2) is 10.8. The van der Waals surface area contributed by atoms with Crippen molar-refractivity contribution in [2.45, 2.75) is 18.5 Å². The lowest BCUT2D eigenvalue weighted by molar-refractivity contribution is -0.140. The fourth-order valence-electron chi connectivity index (χ4n) is 4.11. The molecule has 9 heteroatoms. The third kappa shape index (κ3) is 5.47. The number of amides is 2. The highest BCUT2D eigenvalue weighted by Crippen LogP contribution is 2.44. The molecule has 1 aliphatic rings. The lowest BCUT2D eigenvalue weighted by Crippen LogP contribution is -2.43. The van der Waals surface area contributed by atoms with E-state index < -0.39 is 24.0 Å². The Morgan fingerprint density at radius 1 is 1.03 bits per heavy atom. The van der Waals surface area contributed by atoms with Crippen molar-refractivity contribution in [1.82, 2.24) is 15.6 Å². The molecule has 0 radical (unpaired) electrons. The minimum absolute atomic E-state index is 0.0399. The molecule has 0 spiro atoms. The Morgan fingerprint density at radius 2 is 1.69 bits per heavy atom. The number of benzene rings is 2. The Kier molecular flexibility index (Phi) is 7.37. The van der Waals surface area contributed by atoms with E-state index in [2.05, 4.69) is 27.8 Å². The summed E-state index contributed by atoms with van der Waals surface area (Å²) < 4.78 is 10.3. The van der Waals surface area contributed by atoms with E-state index in [9.17, 15) is 14.4 Å². The highest BCUT2D eigenvalue weighted by molar-refractivity contribution is 5.96. The number of aliphatic carboxylic acids is 1. The first kappa shape index (κ1) is 23.9. The van der Waals surface area contributed by atoms with Crippen LogP contribution in [0, 0.1) is 0 Å². The molecule has 0 fully saturated rings. The van der Waals surface area contributed by atoms with Crippen molar-refractivity contribution in [2.24, 2.45) is 0 Å². The summed E-state index contributed by atoms with van der Waals surface area (Å²) in [5.41, 5.74) is 5.17. The minimum Gasteiger partial charge on any atom is -0.480 e. The Balaban J connectivity index is 1.34. The summed E-state index contributed by atoms with van der Waals surface area (Å²) in [7, 11) is 1.35. The number of nitrogens with zero attached hydrogens (tertiary/aromatic N) is 1. The topological polar surface area (TPSA) is 127 Å². The van der Waals surface area contributed by atoms with Crippen molar-refractivity contribution in [2.75, 3.05) is 20.3 Å². The van der Waals surface area contributed by atoms with Crippen LogP contribution in [0.2, 0.25) is 0 Å². The number of nitrogens with one attached hydrogen (secondary N) is 2. The Hall–Kier alpha value is -4.24. The quantitative estimate of drug-likeness (QED) is 0.434. The van der Waals surface area contributed by atoms with Crippen LogP contribution in [0.5, 0.6) is 0 Å². The van der Waals surface area contributed by atoms with Gasteiger partial charge in [0, 0.05) is 24.8 Å². The van der Waals surface area contributed by atoms with E-state index in [-0.39, 0.29) is 31.2 Å². The monoisotopic (exact) mass is 475 g/mol. The lowest BCUT2D eigenvalue weighted by Gasteiger charge is -2.15. The van der Waals surface area contributed by atoms with Crippen LogP contribution in [-0.4, -0.2) is 54.4 Å². The van der Waals surface area contributed by atoms with Crippen molar-refractivity contribution >= 4 is 18.0 Å². The Bertz CT molecular complexity index is 1200.